The Morgan fingerprint density at radius 2 is 2.19 bits per heavy atom. The third kappa shape index (κ3) is 4.57. The average Bonchev–Trinajstić information content (AvgIpc) is 3.32. The topological polar surface area (TPSA) is 88.2 Å². The maximum Gasteiger partial charge on any atom is 0.221 e. The van der Waals surface area contributed by atoms with Gasteiger partial charge in [-0.3, -0.25) is 4.98 Å². The minimum absolute atomic E-state index is 0.269. The predicted molar refractivity (Wildman–Crippen MR) is 104 cm³/mol. The van der Waals surface area contributed by atoms with Crippen LogP contribution in [0.1, 0.15) is 18.1 Å². The van der Waals surface area contributed by atoms with Crippen molar-refractivity contribution in [1.29, 1.82) is 0 Å². The van der Waals surface area contributed by atoms with Crippen molar-refractivity contribution in [3.05, 3.63) is 58.7 Å². The maximum atomic E-state index is 9.25. The molecular formula is C19H19N5OS. The molecule has 0 spiro atoms. The fourth-order valence-corrected chi connectivity index (χ4v) is 2.92. The van der Waals surface area contributed by atoms with E-state index in [1.807, 2.05) is 23.6 Å². The summed E-state index contributed by atoms with van der Waals surface area (Å²) in [5.74, 6) is 6.79. The Kier molecular flexibility index (Phi) is 5.79. The van der Waals surface area contributed by atoms with E-state index in [1.165, 1.54) is 5.56 Å². The second-order valence-corrected chi connectivity index (χ2v) is 6.39. The van der Waals surface area contributed by atoms with Gasteiger partial charge < -0.3 is 15.7 Å². The molecule has 132 valence electrons. The van der Waals surface area contributed by atoms with E-state index in [9.17, 15) is 5.11 Å². The van der Waals surface area contributed by atoms with E-state index in [0.717, 1.165) is 30.0 Å². The van der Waals surface area contributed by atoms with Crippen LogP contribution in [0.15, 0.2) is 47.5 Å². The number of nitrogens with two attached hydrogens (primary N) is 1. The Labute approximate surface area is 156 Å². The molecule has 7 heteroatoms. The van der Waals surface area contributed by atoms with Crippen molar-refractivity contribution in [2.45, 2.75) is 19.4 Å². The van der Waals surface area contributed by atoms with Gasteiger partial charge in [0.1, 0.15) is 11.9 Å². The number of rotatable bonds is 1. The Morgan fingerprint density at radius 3 is 2.85 bits per heavy atom. The first kappa shape index (κ1) is 17.9. The molecule has 0 amide bonds. The molecule has 26 heavy (non-hydrogen) atoms. The molecule has 0 bridgehead atoms. The van der Waals surface area contributed by atoms with Crippen molar-refractivity contribution in [3.63, 3.8) is 0 Å². The summed E-state index contributed by atoms with van der Waals surface area (Å²) in [5.41, 5.74) is 10.7. The van der Waals surface area contributed by atoms with Crippen LogP contribution in [0, 0.1) is 11.8 Å². The number of thiazole rings is 1. The van der Waals surface area contributed by atoms with Gasteiger partial charge in [0, 0.05) is 35.6 Å². The highest BCUT2D eigenvalue weighted by Gasteiger charge is 2.21. The molecule has 6 nitrogen and oxygen atoms in total. The lowest BCUT2D eigenvalue weighted by molar-refractivity contribution is 0.253. The summed E-state index contributed by atoms with van der Waals surface area (Å²) in [4.78, 5) is 14.1. The lowest BCUT2D eigenvalue weighted by atomic mass is 10.1. The molecule has 3 heterocycles. The van der Waals surface area contributed by atoms with Crippen LogP contribution in [-0.2, 0) is 6.42 Å². The van der Waals surface area contributed by atoms with E-state index < -0.39 is 6.10 Å². The summed E-state index contributed by atoms with van der Waals surface area (Å²) in [6, 6.07) is 7.92. The number of benzene rings is 1. The molecule has 4 rings (SSSR count). The van der Waals surface area contributed by atoms with E-state index in [0.29, 0.717) is 0 Å². The van der Waals surface area contributed by atoms with Gasteiger partial charge in [-0.15, -0.1) is 11.3 Å². The highest BCUT2D eigenvalue weighted by Crippen LogP contribution is 2.34. The molecule has 0 fully saturated rings. The van der Waals surface area contributed by atoms with Crippen LogP contribution in [0.4, 0.5) is 17.5 Å². The quantitative estimate of drug-likeness (QED) is 0.645. The number of aliphatic hydroxyl groups excluding tert-OH is 1. The van der Waals surface area contributed by atoms with Crippen LogP contribution >= 0.6 is 11.3 Å². The Balaban J connectivity index is 0.000000339. The van der Waals surface area contributed by atoms with Gasteiger partial charge in [0.25, 0.3) is 0 Å². The number of hydrogen-bond acceptors (Lipinski definition) is 7. The molecule has 0 saturated heterocycles. The van der Waals surface area contributed by atoms with Crippen molar-refractivity contribution in [3.8, 4) is 11.8 Å². The average molecular weight is 365 g/mol. The van der Waals surface area contributed by atoms with Crippen molar-refractivity contribution in [1.82, 2.24) is 15.0 Å². The smallest absolute Gasteiger partial charge is 0.221 e. The minimum atomic E-state index is -0.629. The first-order valence-electron chi connectivity index (χ1n) is 8.14. The van der Waals surface area contributed by atoms with Crippen molar-refractivity contribution in [2.75, 3.05) is 17.2 Å². The molecule has 0 aliphatic carbocycles. The van der Waals surface area contributed by atoms with Crippen LogP contribution in [-0.4, -0.2) is 32.7 Å². The third-order valence-electron chi connectivity index (χ3n) is 3.69. The summed E-state index contributed by atoms with van der Waals surface area (Å²) in [6.07, 6.45) is 3.76. The van der Waals surface area contributed by atoms with E-state index in [1.54, 1.807) is 36.2 Å². The zero-order valence-corrected chi connectivity index (χ0v) is 15.1. The molecule has 3 aromatic rings. The molecule has 0 radical (unpaired) electrons. The maximum absolute atomic E-state index is 9.25. The summed E-state index contributed by atoms with van der Waals surface area (Å²) < 4.78 is 0. The van der Waals surface area contributed by atoms with Gasteiger partial charge in [-0.1, -0.05) is 17.9 Å². The minimum Gasteiger partial charge on any atom is -0.381 e. The number of aromatic nitrogens is 3. The van der Waals surface area contributed by atoms with Gasteiger partial charge in [-0.25, -0.2) is 4.98 Å². The van der Waals surface area contributed by atoms with E-state index >= 15 is 0 Å². The summed E-state index contributed by atoms with van der Waals surface area (Å²) >= 11 is 1.60. The van der Waals surface area contributed by atoms with Crippen LogP contribution in [0.25, 0.3) is 0 Å². The second kappa shape index (κ2) is 8.43. The van der Waals surface area contributed by atoms with Crippen molar-refractivity contribution < 1.29 is 5.11 Å². The largest absolute Gasteiger partial charge is 0.381 e. The lowest BCUT2D eigenvalue weighted by Gasteiger charge is -2.18. The summed E-state index contributed by atoms with van der Waals surface area (Å²) in [5, 5.41) is 11.2. The number of nitrogens with zero attached hydrogens (tertiary/aromatic N) is 4. The molecule has 1 aromatic carbocycles. The number of nitrogen functional groups attached to an aromatic ring is 1. The normalized spacial score (nSPS) is 13.1. The number of aliphatic hydroxyl groups is 1. The first-order chi connectivity index (χ1) is 12.6. The van der Waals surface area contributed by atoms with Gasteiger partial charge in [0.15, 0.2) is 0 Å². The molecule has 2 aromatic heterocycles. The van der Waals surface area contributed by atoms with Crippen LogP contribution in [0.3, 0.4) is 0 Å². The Hall–Kier alpha value is -2.95. The Morgan fingerprint density at radius 1 is 1.31 bits per heavy atom. The van der Waals surface area contributed by atoms with E-state index in [-0.39, 0.29) is 5.95 Å². The zero-order chi connectivity index (χ0) is 18.4. The van der Waals surface area contributed by atoms with Crippen molar-refractivity contribution >= 4 is 28.8 Å². The van der Waals surface area contributed by atoms with Crippen LogP contribution in [0.2, 0.25) is 0 Å². The van der Waals surface area contributed by atoms with Gasteiger partial charge >= 0.3 is 0 Å². The van der Waals surface area contributed by atoms with Crippen molar-refractivity contribution in [2.24, 2.45) is 0 Å². The molecule has 1 aliphatic rings. The number of fused-ring (bicyclic) bond motifs is 1. The van der Waals surface area contributed by atoms with Gasteiger partial charge in [-0.05, 0) is 37.1 Å². The molecule has 1 aliphatic heterocycles. The molecule has 0 saturated carbocycles. The third-order valence-corrected chi connectivity index (χ3v) is 4.21. The highest BCUT2D eigenvalue weighted by atomic mass is 32.1. The Bertz CT molecular complexity index is 898. The van der Waals surface area contributed by atoms with Gasteiger partial charge in [-0.2, -0.15) is 4.98 Å². The van der Waals surface area contributed by atoms with Crippen LogP contribution in [0.5, 0.6) is 0 Å². The first-order valence-corrected chi connectivity index (χ1v) is 9.08. The second-order valence-electron chi connectivity index (χ2n) is 5.64. The standard InChI is InChI=1S/C16H16N4O.C3H3NS/c1-11(21)2-3-12-4-5-13-7-9-20(14(13)10-12)15-6-8-18-16(17)19-15;1-2-5-3-4-1/h4-6,8,10-11,21H,7,9H2,1H3,(H2,17,18,19);1-3H. The SMILES string of the molecule is CC(O)C#Cc1ccc2c(c1)N(c1ccnc(N)n1)CC2.c1cscn1. The zero-order valence-electron chi connectivity index (χ0n) is 14.3. The van der Waals surface area contributed by atoms with E-state index in [4.69, 9.17) is 5.73 Å². The molecule has 1 unspecified atom stereocenters. The van der Waals surface area contributed by atoms with Gasteiger partial charge in [0.05, 0.1) is 5.51 Å². The van der Waals surface area contributed by atoms with Crippen LogP contribution < -0.4 is 10.6 Å². The fraction of sp³-hybridized carbons (Fsp3) is 0.211. The number of anilines is 3. The van der Waals surface area contributed by atoms with E-state index in [2.05, 4.69) is 37.8 Å². The molecule has 3 N–H and O–H groups in total. The summed E-state index contributed by atoms with van der Waals surface area (Å²) in [7, 11) is 0. The molecular weight excluding hydrogens is 346 g/mol. The van der Waals surface area contributed by atoms with Gasteiger partial charge in [0.2, 0.25) is 5.95 Å². The molecule has 1 atom stereocenters. The number of hydrogen-bond donors (Lipinski definition) is 2. The summed E-state index contributed by atoms with van der Waals surface area (Å²) in [6.45, 7) is 2.51. The fourth-order valence-electron chi connectivity index (χ4n) is 2.57. The monoisotopic (exact) mass is 365 g/mol. The predicted octanol–water partition coefficient (Wildman–Crippen LogP) is 2.63. The lowest BCUT2D eigenvalue weighted by Crippen LogP contribution is -2.15. The highest BCUT2D eigenvalue weighted by molar-refractivity contribution is 7.07.